The SMILES string of the molecule is C=C/C(=C\NC(C)=NC)c1ccc(C#N)c(OCC)c1.C=CN(CSC)NCC. The van der Waals surface area contributed by atoms with Crippen molar-refractivity contribution in [1.29, 1.82) is 5.26 Å². The highest BCUT2D eigenvalue weighted by molar-refractivity contribution is 7.98. The summed E-state index contributed by atoms with van der Waals surface area (Å²) in [6.07, 6.45) is 7.42. The second-order valence-corrected chi connectivity index (χ2v) is 6.43. The lowest BCUT2D eigenvalue weighted by molar-refractivity contribution is 0.326. The molecule has 0 heterocycles. The van der Waals surface area contributed by atoms with Crippen LogP contribution in [0.3, 0.4) is 0 Å². The Morgan fingerprint density at radius 1 is 1.38 bits per heavy atom. The normalized spacial score (nSPS) is 10.9. The lowest BCUT2D eigenvalue weighted by atomic mass is 10.0. The third kappa shape index (κ3) is 10.4. The van der Waals surface area contributed by atoms with Gasteiger partial charge < -0.3 is 15.1 Å². The van der Waals surface area contributed by atoms with E-state index >= 15 is 0 Å². The largest absolute Gasteiger partial charge is 0.492 e. The Bertz CT molecular complexity index is 731. The van der Waals surface area contributed by atoms with Gasteiger partial charge in [0.1, 0.15) is 11.8 Å². The monoisotopic (exact) mass is 415 g/mol. The van der Waals surface area contributed by atoms with Crippen molar-refractivity contribution in [3.05, 3.63) is 61.0 Å². The Kier molecular flexibility index (Phi) is 14.8. The molecular weight excluding hydrogens is 382 g/mol. The highest BCUT2D eigenvalue weighted by atomic mass is 32.2. The summed E-state index contributed by atoms with van der Waals surface area (Å²) in [4.78, 5) is 4.02. The van der Waals surface area contributed by atoms with E-state index in [0.29, 0.717) is 17.9 Å². The Hall–Kier alpha value is -2.69. The number of allylic oxidation sites excluding steroid dienone is 2. The molecule has 29 heavy (non-hydrogen) atoms. The molecule has 1 aromatic carbocycles. The van der Waals surface area contributed by atoms with Gasteiger partial charge in [0.2, 0.25) is 0 Å². The quantitative estimate of drug-likeness (QED) is 0.194. The van der Waals surface area contributed by atoms with Crippen LogP contribution in [-0.2, 0) is 0 Å². The van der Waals surface area contributed by atoms with E-state index < -0.39 is 0 Å². The van der Waals surface area contributed by atoms with Crippen LogP contribution in [-0.4, -0.2) is 43.2 Å². The molecule has 158 valence electrons. The Morgan fingerprint density at radius 3 is 2.59 bits per heavy atom. The van der Waals surface area contributed by atoms with Crippen LogP contribution in [0.4, 0.5) is 0 Å². The molecule has 1 rings (SSSR count). The lowest BCUT2D eigenvalue weighted by Crippen LogP contribution is -2.32. The summed E-state index contributed by atoms with van der Waals surface area (Å²) in [7, 11) is 1.72. The molecular formula is C22H33N5OS. The smallest absolute Gasteiger partial charge is 0.137 e. The van der Waals surface area contributed by atoms with Crippen LogP contribution in [0, 0.1) is 11.3 Å². The number of nitriles is 1. The summed E-state index contributed by atoms with van der Waals surface area (Å²) in [6, 6.07) is 7.58. The summed E-state index contributed by atoms with van der Waals surface area (Å²) in [5.41, 5.74) is 5.48. The Balaban J connectivity index is 0.000000734. The van der Waals surface area contributed by atoms with E-state index in [1.165, 1.54) is 0 Å². The zero-order valence-electron chi connectivity index (χ0n) is 18.2. The second kappa shape index (κ2) is 16.3. The zero-order chi connectivity index (χ0) is 22.1. The molecule has 0 aromatic heterocycles. The van der Waals surface area contributed by atoms with E-state index in [2.05, 4.69) is 48.1 Å². The molecule has 0 aliphatic rings. The molecule has 0 aliphatic heterocycles. The number of rotatable bonds is 10. The number of hydrogen-bond acceptors (Lipinski definition) is 6. The van der Waals surface area contributed by atoms with E-state index in [1.807, 2.05) is 37.2 Å². The molecule has 0 bridgehead atoms. The van der Waals surface area contributed by atoms with E-state index in [9.17, 15) is 0 Å². The van der Waals surface area contributed by atoms with Gasteiger partial charge in [-0.25, -0.2) is 5.43 Å². The number of hydrogen-bond donors (Lipinski definition) is 2. The maximum Gasteiger partial charge on any atom is 0.137 e. The van der Waals surface area contributed by atoms with Gasteiger partial charge in [0, 0.05) is 26.0 Å². The number of benzene rings is 1. The van der Waals surface area contributed by atoms with Crippen molar-refractivity contribution in [2.75, 3.05) is 32.3 Å². The predicted molar refractivity (Wildman–Crippen MR) is 127 cm³/mol. The molecule has 0 saturated carbocycles. The molecule has 1 aromatic rings. The summed E-state index contributed by atoms with van der Waals surface area (Å²) >= 11 is 1.77. The molecule has 0 radical (unpaired) electrons. The standard InChI is InChI=1S/C16H19N3O.C6H14N2S/c1-5-13(11-19-12(3)18-4)14-7-8-15(10-17)16(9-14)20-6-2;1-4-7-8(5-2)6-9-3/h5,7-9,11H,1,6H2,2-4H3,(H,18,19);5,7H,2,4,6H2,1,3H3/b13-11+;. The van der Waals surface area contributed by atoms with Crippen molar-refractivity contribution in [2.24, 2.45) is 4.99 Å². The van der Waals surface area contributed by atoms with Gasteiger partial charge in [0.15, 0.2) is 0 Å². The average Bonchev–Trinajstić information content (AvgIpc) is 2.74. The van der Waals surface area contributed by atoms with Gasteiger partial charge in [-0.2, -0.15) is 5.26 Å². The third-order valence-electron chi connectivity index (χ3n) is 3.58. The van der Waals surface area contributed by atoms with E-state index in [4.69, 9.17) is 10.00 Å². The first-order valence-corrected chi connectivity index (χ1v) is 10.7. The Labute approximate surface area is 180 Å². The number of nitrogens with zero attached hydrogens (tertiary/aromatic N) is 3. The summed E-state index contributed by atoms with van der Waals surface area (Å²) in [5, 5.41) is 14.1. The zero-order valence-corrected chi connectivity index (χ0v) is 19.0. The van der Waals surface area contributed by atoms with Gasteiger partial charge >= 0.3 is 0 Å². The van der Waals surface area contributed by atoms with E-state index in [-0.39, 0.29) is 0 Å². The minimum atomic E-state index is 0.519. The van der Waals surface area contributed by atoms with Gasteiger partial charge in [0.05, 0.1) is 23.9 Å². The van der Waals surface area contributed by atoms with E-state index in [0.717, 1.165) is 29.4 Å². The number of ether oxygens (including phenoxy) is 1. The number of amidine groups is 1. The van der Waals surface area contributed by atoms with Gasteiger partial charge in [-0.3, -0.25) is 4.99 Å². The van der Waals surface area contributed by atoms with Crippen LogP contribution in [0.5, 0.6) is 5.75 Å². The molecule has 0 atom stereocenters. The maximum atomic E-state index is 9.05. The van der Waals surface area contributed by atoms with Gasteiger partial charge in [-0.15, -0.1) is 11.8 Å². The topological polar surface area (TPSA) is 72.7 Å². The third-order valence-corrected chi connectivity index (χ3v) is 4.11. The van der Waals surface area contributed by atoms with Gasteiger partial charge in [-0.05, 0) is 43.4 Å². The fourth-order valence-electron chi connectivity index (χ4n) is 2.08. The van der Waals surface area contributed by atoms with Crippen molar-refractivity contribution < 1.29 is 4.74 Å². The maximum absolute atomic E-state index is 9.05. The van der Waals surface area contributed by atoms with Crippen LogP contribution < -0.4 is 15.5 Å². The van der Waals surface area contributed by atoms with Crippen LogP contribution in [0.25, 0.3) is 5.57 Å². The van der Waals surface area contributed by atoms with E-state index in [1.54, 1.807) is 37.2 Å². The highest BCUT2D eigenvalue weighted by Crippen LogP contribution is 2.24. The highest BCUT2D eigenvalue weighted by Gasteiger charge is 2.06. The van der Waals surface area contributed by atoms with Crippen LogP contribution in [0.1, 0.15) is 31.9 Å². The first-order chi connectivity index (χ1) is 14.0. The van der Waals surface area contributed by atoms with Gasteiger partial charge in [-0.1, -0.05) is 32.2 Å². The number of thioether (sulfide) groups is 1. The molecule has 0 amide bonds. The fraction of sp³-hybridized carbons (Fsp3) is 0.364. The minimum absolute atomic E-state index is 0.519. The average molecular weight is 416 g/mol. The van der Waals surface area contributed by atoms with Crippen LogP contribution in [0.2, 0.25) is 0 Å². The van der Waals surface area contributed by atoms with Crippen molar-refractivity contribution in [3.8, 4) is 11.8 Å². The van der Waals surface area contributed by atoms with Crippen LogP contribution in [0.15, 0.2) is 54.8 Å². The molecule has 0 fully saturated rings. The molecule has 7 heteroatoms. The molecule has 0 saturated heterocycles. The van der Waals surface area contributed by atoms with Crippen molar-refractivity contribution >= 4 is 23.2 Å². The molecule has 0 aliphatic carbocycles. The first-order valence-electron chi connectivity index (χ1n) is 9.32. The van der Waals surface area contributed by atoms with Crippen molar-refractivity contribution in [1.82, 2.24) is 15.8 Å². The fourth-order valence-corrected chi connectivity index (χ4v) is 2.56. The minimum Gasteiger partial charge on any atom is -0.492 e. The number of nitrogens with one attached hydrogen (secondary N) is 2. The first kappa shape index (κ1) is 26.3. The lowest BCUT2D eigenvalue weighted by Gasteiger charge is -2.17. The summed E-state index contributed by atoms with van der Waals surface area (Å²) < 4.78 is 5.48. The molecule has 0 spiro atoms. The van der Waals surface area contributed by atoms with Crippen molar-refractivity contribution in [3.63, 3.8) is 0 Å². The van der Waals surface area contributed by atoms with Gasteiger partial charge in [0.25, 0.3) is 0 Å². The number of hydrazine groups is 1. The Morgan fingerprint density at radius 2 is 2.10 bits per heavy atom. The van der Waals surface area contributed by atoms with Crippen LogP contribution >= 0.6 is 11.8 Å². The second-order valence-electron chi connectivity index (χ2n) is 5.59. The van der Waals surface area contributed by atoms with Crippen molar-refractivity contribution in [2.45, 2.75) is 20.8 Å². The molecule has 0 unspecified atom stereocenters. The summed E-state index contributed by atoms with van der Waals surface area (Å²) in [6.45, 7) is 14.8. The summed E-state index contributed by atoms with van der Waals surface area (Å²) in [5.74, 6) is 2.35. The molecule has 6 nitrogen and oxygen atoms in total. The molecule has 2 N–H and O–H groups in total. The predicted octanol–water partition coefficient (Wildman–Crippen LogP) is 4.40. The number of aliphatic imine (C=N–C) groups is 1.